The summed E-state index contributed by atoms with van der Waals surface area (Å²) in [6.07, 6.45) is 0.217. The third kappa shape index (κ3) is 5.58. The van der Waals surface area contributed by atoms with Gasteiger partial charge in [0.2, 0.25) is 11.8 Å². The van der Waals surface area contributed by atoms with Crippen LogP contribution in [0.4, 0.5) is 0 Å². The molecule has 6 heteroatoms. The number of nitrogens with zero attached hydrogens (tertiary/aromatic N) is 1. The predicted octanol–water partition coefficient (Wildman–Crippen LogP) is 3.81. The van der Waals surface area contributed by atoms with Crippen LogP contribution < -0.4 is 5.32 Å². The van der Waals surface area contributed by atoms with Crippen LogP contribution in [0.5, 0.6) is 0 Å². The van der Waals surface area contributed by atoms with Crippen LogP contribution >= 0.6 is 27.5 Å². The molecule has 0 spiro atoms. The van der Waals surface area contributed by atoms with Gasteiger partial charge in [-0.15, -0.1) is 0 Å². The number of hydrogen-bond acceptors (Lipinski definition) is 2. The molecule has 0 fully saturated rings. The van der Waals surface area contributed by atoms with Crippen LogP contribution in [-0.4, -0.2) is 29.8 Å². The molecule has 0 saturated heterocycles. The first-order valence-corrected chi connectivity index (χ1v) is 9.07. The van der Waals surface area contributed by atoms with Crippen molar-refractivity contribution in [2.45, 2.75) is 25.9 Å². The van der Waals surface area contributed by atoms with Crippen molar-refractivity contribution in [1.82, 2.24) is 10.2 Å². The Balaban J connectivity index is 2.20. The van der Waals surface area contributed by atoms with Crippen LogP contribution in [0.2, 0.25) is 5.02 Å². The maximum Gasteiger partial charge on any atom is 0.242 e. The highest BCUT2D eigenvalue weighted by Crippen LogP contribution is 2.16. The highest BCUT2D eigenvalue weighted by Gasteiger charge is 2.25. The molecule has 2 aromatic rings. The number of amides is 2. The minimum absolute atomic E-state index is 0.110. The van der Waals surface area contributed by atoms with Crippen molar-refractivity contribution in [2.24, 2.45) is 0 Å². The van der Waals surface area contributed by atoms with E-state index in [-0.39, 0.29) is 18.2 Å². The zero-order valence-corrected chi connectivity index (χ0v) is 16.5. The second-order valence-electron chi connectivity index (χ2n) is 5.74. The Labute approximate surface area is 161 Å². The summed E-state index contributed by atoms with van der Waals surface area (Å²) in [6, 6.07) is 14.3. The summed E-state index contributed by atoms with van der Waals surface area (Å²) in [5, 5.41) is 3.24. The molecule has 2 rings (SSSR count). The van der Waals surface area contributed by atoms with E-state index in [0.717, 1.165) is 15.6 Å². The summed E-state index contributed by atoms with van der Waals surface area (Å²) in [6.45, 7) is 2.10. The molecule has 0 aliphatic heterocycles. The van der Waals surface area contributed by atoms with Gasteiger partial charge in [-0.2, -0.15) is 0 Å². The SMILES string of the molecule is CNC(=O)C(C)N(Cc1ccc(Br)cc1)C(=O)Cc1ccc(Cl)cc1. The molecule has 25 heavy (non-hydrogen) atoms. The van der Waals surface area contributed by atoms with Gasteiger partial charge in [0.25, 0.3) is 0 Å². The van der Waals surface area contributed by atoms with E-state index in [0.29, 0.717) is 11.6 Å². The van der Waals surface area contributed by atoms with Crippen molar-refractivity contribution in [3.05, 3.63) is 69.2 Å². The number of hydrogen-bond donors (Lipinski definition) is 1. The van der Waals surface area contributed by atoms with Crippen LogP contribution in [0.1, 0.15) is 18.1 Å². The number of likely N-dealkylation sites (N-methyl/N-ethyl adjacent to an activating group) is 1. The topological polar surface area (TPSA) is 49.4 Å². The number of carbonyl (C=O) groups excluding carboxylic acids is 2. The van der Waals surface area contributed by atoms with E-state index >= 15 is 0 Å². The number of carbonyl (C=O) groups is 2. The minimum Gasteiger partial charge on any atom is -0.357 e. The number of halogens is 2. The molecule has 1 N–H and O–H groups in total. The summed E-state index contributed by atoms with van der Waals surface area (Å²) in [7, 11) is 1.57. The van der Waals surface area contributed by atoms with Crippen molar-refractivity contribution < 1.29 is 9.59 Å². The third-order valence-corrected chi connectivity index (χ3v) is 4.73. The molecule has 0 heterocycles. The molecule has 2 amide bonds. The van der Waals surface area contributed by atoms with Crippen LogP contribution in [-0.2, 0) is 22.6 Å². The first kappa shape index (κ1) is 19.5. The lowest BCUT2D eigenvalue weighted by molar-refractivity contribution is -0.139. The molecule has 0 bridgehead atoms. The van der Waals surface area contributed by atoms with E-state index in [1.54, 1.807) is 31.0 Å². The average Bonchev–Trinajstić information content (AvgIpc) is 2.61. The Bertz CT molecular complexity index is 732. The van der Waals surface area contributed by atoms with Gasteiger partial charge >= 0.3 is 0 Å². The summed E-state index contributed by atoms with van der Waals surface area (Å²) in [4.78, 5) is 26.5. The monoisotopic (exact) mass is 422 g/mol. The Morgan fingerprint density at radius 3 is 2.20 bits per heavy atom. The highest BCUT2D eigenvalue weighted by molar-refractivity contribution is 9.10. The Kier molecular flexibility index (Phi) is 7.02. The summed E-state index contributed by atoms with van der Waals surface area (Å²) in [5.74, 6) is -0.303. The van der Waals surface area contributed by atoms with Crippen LogP contribution in [0.25, 0.3) is 0 Å². The largest absolute Gasteiger partial charge is 0.357 e. The molecular formula is C19H20BrClN2O2. The quantitative estimate of drug-likeness (QED) is 0.768. The van der Waals surface area contributed by atoms with Crippen LogP contribution in [0.3, 0.4) is 0 Å². The Morgan fingerprint density at radius 1 is 1.08 bits per heavy atom. The molecule has 0 aliphatic rings. The van der Waals surface area contributed by atoms with Gasteiger partial charge in [-0.3, -0.25) is 9.59 Å². The molecule has 1 unspecified atom stereocenters. The van der Waals surface area contributed by atoms with E-state index in [1.165, 1.54) is 0 Å². The van der Waals surface area contributed by atoms with Gasteiger partial charge in [-0.05, 0) is 42.3 Å². The van der Waals surface area contributed by atoms with Crippen molar-refractivity contribution in [3.8, 4) is 0 Å². The van der Waals surface area contributed by atoms with Gasteiger partial charge in [0, 0.05) is 23.1 Å². The summed E-state index contributed by atoms with van der Waals surface area (Å²) < 4.78 is 0.967. The summed E-state index contributed by atoms with van der Waals surface area (Å²) >= 11 is 9.29. The molecule has 0 aliphatic carbocycles. The van der Waals surface area contributed by atoms with Gasteiger partial charge in [0.05, 0.1) is 6.42 Å². The average molecular weight is 424 g/mol. The number of benzene rings is 2. The second kappa shape index (κ2) is 9.02. The molecule has 0 radical (unpaired) electrons. The molecule has 2 aromatic carbocycles. The van der Waals surface area contributed by atoms with E-state index in [9.17, 15) is 9.59 Å². The van der Waals surface area contributed by atoms with E-state index < -0.39 is 6.04 Å². The molecule has 1 atom stereocenters. The number of nitrogens with one attached hydrogen (secondary N) is 1. The van der Waals surface area contributed by atoms with Crippen molar-refractivity contribution in [3.63, 3.8) is 0 Å². The lowest BCUT2D eigenvalue weighted by Crippen LogP contribution is -2.47. The minimum atomic E-state index is -0.562. The van der Waals surface area contributed by atoms with Gasteiger partial charge < -0.3 is 10.2 Å². The Hall–Kier alpha value is -1.85. The predicted molar refractivity (Wildman–Crippen MR) is 103 cm³/mol. The fraction of sp³-hybridized carbons (Fsp3) is 0.263. The molecule has 4 nitrogen and oxygen atoms in total. The lowest BCUT2D eigenvalue weighted by Gasteiger charge is -2.28. The van der Waals surface area contributed by atoms with Gasteiger partial charge in [0.15, 0.2) is 0 Å². The first-order chi connectivity index (χ1) is 11.9. The second-order valence-corrected chi connectivity index (χ2v) is 7.09. The number of rotatable bonds is 6. The normalized spacial score (nSPS) is 11.7. The van der Waals surface area contributed by atoms with Crippen LogP contribution in [0, 0.1) is 0 Å². The van der Waals surface area contributed by atoms with Gasteiger partial charge in [0.1, 0.15) is 6.04 Å². The van der Waals surface area contributed by atoms with Crippen LogP contribution in [0.15, 0.2) is 53.0 Å². The summed E-state index contributed by atoms with van der Waals surface area (Å²) in [5.41, 5.74) is 1.82. The van der Waals surface area contributed by atoms with Crippen molar-refractivity contribution in [2.75, 3.05) is 7.05 Å². The van der Waals surface area contributed by atoms with E-state index in [1.807, 2.05) is 36.4 Å². The van der Waals surface area contributed by atoms with Gasteiger partial charge in [-0.25, -0.2) is 0 Å². The third-order valence-electron chi connectivity index (χ3n) is 3.95. The van der Waals surface area contributed by atoms with E-state index in [4.69, 9.17) is 11.6 Å². The fourth-order valence-corrected chi connectivity index (χ4v) is 2.85. The smallest absolute Gasteiger partial charge is 0.242 e. The van der Waals surface area contributed by atoms with Crippen molar-refractivity contribution >= 4 is 39.3 Å². The maximum absolute atomic E-state index is 12.8. The molecule has 132 valence electrons. The molecule has 0 saturated carbocycles. The molecular weight excluding hydrogens is 404 g/mol. The van der Waals surface area contributed by atoms with Crippen molar-refractivity contribution in [1.29, 1.82) is 0 Å². The zero-order chi connectivity index (χ0) is 18.4. The first-order valence-electron chi connectivity index (χ1n) is 7.90. The molecule has 0 aromatic heterocycles. The highest BCUT2D eigenvalue weighted by atomic mass is 79.9. The maximum atomic E-state index is 12.8. The standard InChI is InChI=1S/C19H20BrClN2O2/c1-13(19(25)22-2)23(12-15-3-7-16(20)8-4-15)18(24)11-14-5-9-17(21)10-6-14/h3-10,13H,11-12H2,1-2H3,(H,22,25). The lowest BCUT2D eigenvalue weighted by atomic mass is 10.1. The van der Waals surface area contributed by atoms with Gasteiger partial charge in [-0.1, -0.05) is 51.8 Å². The Morgan fingerprint density at radius 2 is 1.64 bits per heavy atom. The fourth-order valence-electron chi connectivity index (χ4n) is 2.46. The zero-order valence-electron chi connectivity index (χ0n) is 14.1. The van der Waals surface area contributed by atoms with E-state index in [2.05, 4.69) is 21.2 Å².